The van der Waals surface area contributed by atoms with Gasteiger partial charge >= 0.3 is 11.9 Å². The highest BCUT2D eigenvalue weighted by Crippen LogP contribution is 2.06. The molecule has 0 saturated heterocycles. The minimum Gasteiger partial charge on any atom is -0.460 e. The molecule has 0 bridgehead atoms. The largest absolute Gasteiger partial charge is 0.460 e. The van der Waals surface area contributed by atoms with Crippen LogP contribution in [0.2, 0.25) is 0 Å². The summed E-state index contributed by atoms with van der Waals surface area (Å²) in [7, 11) is 0. The van der Waals surface area contributed by atoms with Gasteiger partial charge in [0.15, 0.2) is 0 Å². The molecule has 27 heavy (non-hydrogen) atoms. The monoisotopic (exact) mass is 452 g/mol. The summed E-state index contributed by atoms with van der Waals surface area (Å²) < 4.78 is 27.1. The molecule has 0 aromatic rings. The lowest BCUT2D eigenvalue weighted by atomic mass is 10.3. The van der Waals surface area contributed by atoms with Crippen LogP contribution in [-0.4, -0.2) is 67.6 Å². The zero-order valence-electron chi connectivity index (χ0n) is 17.2. The maximum atomic E-state index is 11.5. The molecule has 0 rings (SSSR count). The Morgan fingerprint density at radius 1 is 0.815 bits per heavy atom. The minimum absolute atomic E-state index is 0.139. The normalized spacial score (nSPS) is 16.7. The van der Waals surface area contributed by atoms with Crippen LogP contribution in [0.4, 0.5) is 0 Å². The van der Waals surface area contributed by atoms with Crippen molar-refractivity contribution in [3.05, 3.63) is 12.2 Å². The van der Waals surface area contributed by atoms with Gasteiger partial charge in [-0.2, -0.15) is 0 Å². The van der Waals surface area contributed by atoms with Gasteiger partial charge in [-0.1, -0.05) is 22.5 Å². The average Bonchev–Trinajstić information content (AvgIpc) is 2.60. The first kappa shape index (κ1) is 26.0. The van der Waals surface area contributed by atoms with Crippen LogP contribution in [0.5, 0.6) is 0 Å². The summed E-state index contributed by atoms with van der Waals surface area (Å²) in [4.78, 5) is 22.4. The van der Waals surface area contributed by atoms with Crippen LogP contribution >= 0.6 is 15.9 Å². The predicted octanol–water partition coefficient (Wildman–Crippen LogP) is 3.04. The summed E-state index contributed by atoms with van der Waals surface area (Å²) in [5.41, 5.74) is 0.360. The first-order valence-corrected chi connectivity index (χ1v) is 9.96. The van der Waals surface area contributed by atoms with E-state index in [4.69, 9.17) is 23.7 Å². The van der Waals surface area contributed by atoms with Gasteiger partial charge in [0, 0.05) is 5.57 Å². The van der Waals surface area contributed by atoms with Crippen LogP contribution < -0.4 is 0 Å². The number of hydrogen-bond acceptors (Lipinski definition) is 7. The molecule has 0 amide bonds. The van der Waals surface area contributed by atoms with E-state index in [-0.39, 0.29) is 41.8 Å². The zero-order chi connectivity index (χ0) is 21.0. The molecule has 0 aromatic heterocycles. The Balaban J connectivity index is 3.87. The molecule has 0 aliphatic rings. The maximum Gasteiger partial charge on any atom is 0.333 e. The second-order valence-electron chi connectivity index (χ2n) is 6.67. The van der Waals surface area contributed by atoms with E-state index in [1.165, 1.54) is 0 Å². The molecule has 0 fully saturated rings. The molecule has 8 heteroatoms. The number of esters is 2. The Morgan fingerprint density at radius 2 is 1.22 bits per heavy atom. The molecular weight excluding hydrogens is 420 g/mol. The van der Waals surface area contributed by atoms with Gasteiger partial charge < -0.3 is 23.7 Å². The van der Waals surface area contributed by atoms with Gasteiger partial charge in [-0.3, -0.25) is 4.79 Å². The Labute approximate surface area is 170 Å². The topological polar surface area (TPSA) is 80.3 Å². The number of ether oxygens (including phenoxy) is 5. The molecule has 0 heterocycles. The molecule has 0 saturated carbocycles. The van der Waals surface area contributed by atoms with Crippen LogP contribution in [0, 0.1) is 0 Å². The van der Waals surface area contributed by atoms with Crippen molar-refractivity contribution in [1.29, 1.82) is 0 Å². The quantitative estimate of drug-likeness (QED) is 0.227. The Morgan fingerprint density at radius 3 is 1.63 bits per heavy atom. The third-order valence-corrected chi connectivity index (χ3v) is 3.66. The molecular formula is C19H33BrO7. The van der Waals surface area contributed by atoms with E-state index in [1.54, 1.807) is 20.8 Å². The Kier molecular flexibility index (Phi) is 13.6. The van der Waals surface area contributed by atoms with Gasteiger partial charge in [0.25, 0.3) is 0 Å². The highest BCUT2D eigenvalue weighted by atomic mass is 79.9. The predicted molar refractivity (Wildman–Crippen MR) is 106 cm³/mol. The fraction of sp³-hybridized carbons (Fsp3) is 0.789. The Bertz CT molecular complexity index is 467. The summed E-state index contributed by atoms with van der Waals surface area (Å²) in [6.07, 6.45) is -0.854. The van der Waals surface area contributed by atoms with Crippen molar-refractivity contribution < 1.29 is 33.3 Å². The summed E-state index contributed by atoms with van der Waals surface area (Å²) >= 11 is 3.16. The van der Waals surface area contributed by atoms with E-state index in [1.807, 2.05) is 20.8 Å². The smallest absolute Gasteiger partial charge is 0.333 e. The number of carbonyl (C=O) groups is 2. The minimum atomic E-state index is -0.425. The molecule has 0 aliphatic heterocycles. The summed E-state index contributed by atoms with van der Waals surface area (Å²) in [6, 6.07) is 0. The highest BCUT2D eigenvalue weighted by Gasteiger charge is 2.16. The van der Waals surface area contributed by atoms with Crippen molar-refractivity contribution in [2.45, 2.75) is 70.8 Å². The van der Waals surface area contributed by atoms with Crippen molar-refractivity contribution in [2.24, 2.45) is 0 Å². The number of rotatable bonds is 14. The van der Waals surface area contributed by atoms with Gasteiger partial charge in [0.2, 0.25) is 0 Å². The summed E-state index contributed by atoms with van der Waals surface area (Å²) in [5.74, 6) is -0.741. The molecule has 0 spiro atoms. The first-order valence-electron chi connectivity index (χ1n) is 9.04. The van der Waals surface area contributed by atoms with Crippen molar-refractivity contribution in [3.8, 4) is 0 Å². The molecule has 5 unspecified atom stereocenters. The second kappa shape index (κ2) is 14.1. The SMILES string of the molecule is C=C(C)C(=O)OCC(C)OCC(C)OCC(C)OCC(C)OC(=O)C(C)Br. The van der Waals surface area contributed by atoms with Crippen LogP contribution in [0.15, 0.2) is 12.2 Å². The van der Waals surface area contributed by atoms with Gasteiger partial charge in [0.05, 0.1) is 38.1 Å². The van der Waals surface area contributed by atoms with E-state index in [2.05, 4.69) is 22.5 Å². The number of alkyl halides is 1. The van der Waals surface area contributed by atoms with E-state index >= 15 is 0 Å². The van der Waals surface area contributed by atoms with Gasteiger partial charge in [-0.05, 0) is 41.5 Å². The molecule has 0 N–H and O–H groups in total. The van der Waals surface area contributed by atoms with E-state index in [0.29, 0.717) is 25.4 Å². The van der Waals surface area contributed by atoms with Crippen LogP contribution in [0.25, 0.3) is 0 Å². The van der Waals surface area contributed by atoms with Crippen molar-refractivity contribution in [1.82, 2.24) is 0 Å². The third-order valence-electron chi connectivity index (χ3n) is 3.29. The third kappa shape index (κ3) is 13.8. The van der Waals surface area contributed by atoms with E-state index in [9.17, 15) is 9.59 Å². The fourth-order valence-electron chi connectivity index (χ4n) is 1.69. The average molecular weight is 453 g/mol. The van der Waals surface area contributed by atoms with Crippen LogP contribution in [0.1, 0.15) is 41.5 Å². The summed E-state index contributed by atoms with van der Waals surface area (Å²) in [5, 5.41) is 0. The van der Waals surface area contributed by atoms with Crippen LogP contribution in [0.3, 0.4) is 0 Å². The van der Waals surface area contributed by atoms with Crippen LogP contribution in [-0.2, 0) is 33.3 Å². The van der Waals surface area contributed by atoms with Crippen molar-refractivity contribution in [2.75, 3.05) is 26.4 Å². The molecule has 158 valence electrons. The lowest BCUT2D eigenvalue weighted by molar-refractivity contribution is -0.152. The molecule has 5 atom stereocenters. The lowest BCUT2D eigenvalue weighted by Crippen LogP contribution is -2.29. The number of hydrogen-bond donors (Lipinski definition) is 0. The first-order chi connectivity index (χ1) is 12.5. The van der Waals surface area contributed by atoms with E-state index < -0.39 is 5.97 Å². The van der Waals surface area contributed by atoms with Gasteiger partial charge in [0.1, 0.15) is 17.5 Å². The molecule has 7 nitrogen and oxygen atoms in total. The number of halogens is 1. The number of carbonyl (C=O) groups excluding carboxylic acids is 2. The van der Waals surface area contributed by atoms with E-state index in [0.717, 1.165) is 0 Å². The van der Waals surface area contributed by atoms with Crippen molar-refractivity contribution in [3.63, 3.8) is 0 Å². The highest BCUT2D eigenvalue weighted by molar-refractivity contribution is 9.10. The Hall–Kier alpha value is -0.960. The molecule has 0 aliphatic carbocycles. The van der Waals surface area contributed by atoms with Gasteiger partial charge in [-0.25, -0.2) is 4.79 Å². The second-order valence-corrected chi connectivity index (χ2v) is 8.05. The van der Waals surface area contributed by atoms with Crippen molar-refractivity contribution >= 4 is 27.9 Å². The molecule has 0 aromatic carbocycles. The van der Waals surface area contributed by atoms with Gasteiger partial charge in [-0.15, -0.1) is 0 Å². The zero-order valence-corrected chi connectivity index (χ0v) is 18.7. The summed E-state index contributed by atoms with van der Waals surface area (Å²) in [6.45, 7) is 15.4. The standard InChI is InChI=1S/C19H33BrO7/c1-12(2)18(21)26-10-15(5)24-8-13(3)23-9-14(4)25-11-16(6)27-19(22)17(7)20/h13-17H,1,8-11H2,2-7H3. The lowest BCUT2D eigenvalue weighted by Gasteiger charge is -2.21. The maximum absolute atomic E-state index is 11.5. The molecule has 0 radical (unpaired) electrons. The fourth-order valence-corrected chi connectivity index (χ4v) is 1.79.